The van der Waals surface area contributed by atoms with E-state index >= 15 is 0 Å². The molecular weight excluding hydrogens is 296 g/mol. The first kappa shape index (κ1) is 16.5. The summed E-state index contributed by atoms with van der Waals surface area (Å²) in [4.78, 5) is 22.2. The van der Waals surface area contributed by atoms with Crippen molar-refractivity contribution < 1.29 is 14.5 Å². The maximum Gasteiger partial charge on any atom is 0.272 e. The number of nitrogens with zero attached hydrogens (tertiary/aromatic N) is 1. The Balaban J connectivity index is 1.89. The summed E-state index contributed by atoms with van der Waals surface area (Å²) in [5.74, 6) is 0.174. The van der Waals surface area contributed by atoms with Crippen molar-refractivity contribution in [2.45, 2.75) is 19.9 Å². The van der Waals surface area contributed by atoms with E-state index in [-0.39, 0.29) is 24.2 Å². The molecule has 1 amide bonds. The Morgan fingerprint density at radius 2 is 1.96 bits per heavy atom. The van der Waals surface area contributed by atoms with Crippen LogP contribution >= 0.6 is 0 Å². The number of aryl methyl sites for hydroxylation is 1. The van der Waals surface area contributed by atoms with Gasteiger partial charge in [0.25, 0.3) is 11.6 Å². The van der Waals surface area contributed by atoms with Crippen molar-refractivity contribution in [2.75, 3.05) is 6.61 Å². The van der Waals surface area contributed by atoms with Crippen LogP contribution in [0.25, 0.3) is 0 Å². The summed E-state index contributed by atoms with van der Waals surface area (Å²) in [5.41, 5.74) is 1.53. The summed E-state index contributed by atoms with van der Waals surface area (Å²) in [7, 11) is 0. The first-order valence-corrected chi connectivity index (χ1v) is 7.19. The minimum Gasteiger partial charge on any atom is -0.484 e. The Kier molecular flexibility index (Phi) is 5.30. The number of carbonyl (C=O) groups is 1. The maximum atomic E-state index is 11.9. The van der Waals surface area contributed by atoms with Crippen LogP contribution in [0.2, 0.25) is 0 Å². The number of ether oxygens (including phenoxy) is 1. The second-order valence-electron chi connectivity index (χ2n) is 5.19. The number of nitro benzene ring substituents is 1. The molecule has 0 saturated heterocycles. The van der Waals surface area contributed by atoms with Gasteiger partial charge in [-0.15, -0.1) is 0 Å². The molecule has 0 spiro atoms. The summed E-state index contributed by atoms with van der Waals surface area (Å²) in [5, 5.41) is 13.6. The van der Waals surface area contributed by atoms with Gasteiger partial charge >= 0.3 is 0 Å². The van der Waals surface area contributed by atoms with Crippen LogP contribution in [0.1, 0.15) is 24.1 Å². The predicted molar refractivity (Wildman–Crippen MR) is 86.3 cm³/mol. The fourth-order valence-corrected chi connectivity index (χ4v) is 2.18. The minimum atomic E-state index is -0.451. The highest BCUT2D eigenvalue weighted by molar-refractivity contribution is 5.78. The van der Waals surface area contributed by atoms with Gasteiger partial charge in [0.15, 0.2) is 6.61 Å². The smallest absolute Gasteiger partial charge is 0.272 e. The quantitative estimate of drug-likeness (QED) is 0.656. The number of amides is 1. The molecule has 0 aliphatic heterocycles. The lowest BCUT2D eigenvalue weighted by molar-refractivity contribution is -0.385. The summed E-state index contributed by atoms with van der Waals surface area (Å²) in [6.07, 6.45) is 0. The largest absolute Gasteiger partial charge is 0.484 e. The van der Waals surface area contributed by atoms with Gasteiger partial charge in [0.1, 0.15) is 5.75 Å². The number of rotatable bonds is 6. The van der Waals surface area contributed by atoms with E-state index < -0.39 is 4.92 Å². The average Bonchev–Trinajstić information content (AvgIpc) is 2.53. The molecule has 2 rings (SSSR count). The van der Waals surface area contributed by atoms with E-state index in [2.05, 4.69) is 5.32 Å². The van der Waals surface area contributed by atoms with Gasteiger partial charge in [-0.2, -0.15) is 0 Å². The van der Waals surface area contributed by atoms with E-state index in [1.54, 1.807) is 13.0 Å². The van der Waals surface area contributed by atoms with Crippen molar-refractivity contribution in [1.82, 2.24) is 5.32 Å². The first-order chi connectivity index (χ1) is 11.0. The molecule has 120 valence electrons. The summed E-state index contributed by atoms with van der Waals surface area (Å²) < 4.78 is 5.39. The number of nitro groups is 1. The van der Waals surface area contributed by atoms with E-state index in [4.69, 9.17) is 4.74 Å². The third-order valence-corrected chi connectivity index (χ3v) is 3.41. The van der Waals surface area contributed by atoms with Crippen LogP contribution in [0.4, 0.5) is 5.69 Å². The number of carbonyl (C=O) groups excluding carboxylic acids is 1. The van der Waals surface area contributed by atoms with Crippen LogP contribution in [0.15, 0.2) is 48.5 Å². The molecule has 0 unspecified atom stereocenters. The molecule has 1 atom stereocenters. The second kappa shape index (κ2) is 7.40. The molecule has 1 N–H and O–H groups in total. The minimum absolute atomic E-state index is 0.0273. The Morgan fingerprint density at radius 3 is 2.57 bits per heavy atom. The molecule has 0 aliphatic carbocycles. The van der Waals surface area contributed by atoms with Crippen molar-refractivity contribution >= 4 is 11.6 Å². The van der Waals surface area contributed by atoms with Gasteiger partial charge in [0, 0.05) is 11.6 Å². The van der Waals surface area contributed by atoms with E-state index in [0.717, 1.165) is 5.56 Å². The Labute approximate surface area is 134 Å². The van der Waals surface area contributed by atoms with E-state index in [1.807, 2.05) is 37.3 Å². The average molecular weight is 314 g/mol. The molecule has 2 aromatic rings. The van der Waals surface area contributed by atoms with Crippen molar-refractivity contribution in [3.63, 3.8) is 0 Å². The lowest BCUT2D eigenvalue weighted by atomic mass is 10.1. The Morgan fingerprint density at radius 1 is 1.26 bits per heavy atom. The van der Waals surface area contributed by atoms with Gasteiger partial charge in [-0.25, -0.2) is 0 Å². The molecule has 0 aromatic heterocycles. The highest BCUT2D eigenvalue weighted by Crippen LogP contribution is 2.23. The zero-order chi connectivity index (χ0) is 16.8. The molecule has 0 radical (unpaired) electrons. The van der Waals surface area contributed by atoms with Crippen LogP contribution < -0.4 is 10.1 Å². The lowest BCUT2D eigenvalue weighted by Gasteiger charge is -2.14. The molecule has 0 heterocycles. The zero-order valence-corrected chi connectivity index (χ0v) is 13.0. The fraction of sp³-hybridized carbons (Fsp3) is 0.235. The van der Waals surface area contributed by atoms with Crippen molar-refractivity contribution in [3.8, 4) is 5.75 Å². The molecule has 23 heavy (non-hydrogen) atoms. The third kappa shape index (κ3) is 4.54. The molecule has 2 aromatic carbocycles. The highest BCUT2D eigenvalue weighted by atomic mass is 16.6. The summed E-state index contributed by atoms with van der Waals surface area (Å²) >= 11 is 0. The third-order valence-electron chi connectivity index (χ3n) is 3.41. The molecule has 0 aliphatic rings. The Hall–Kier alpha value is -2.89. The van der Waals surface area contributed by atoms with E-state index in [9.17, 15) is 14.9 Å². The van der Waals surface area contributed by atoms with Gasteiger partial charge in [0.05, 0.1) is 11.0 Å². The van der Waals surface area contributed by atoms with Crippen molar-refractivity contribution in [3.05, 3.63) is 69.8 Å². The van der Waals surface area contributed by atoms with Gasteiger partial charge in [-0.3, -0.25) is 14.9 Å². The molecule has 0 bridgehead atoms. The monoisotopic (exact) mass is 314 g/mol. The topological polar surface area (TPSA) is 81.5 Å². The van der Waals surface area contributed by atoms with Crippen molar-refractivity contribution in [2.24, 2.45) is 0 Å². The SMILES string of the molecule is Cc1cc(OCC(=O)N[C@H](C)c2ccccc2)ccc1[N+](=O)[O-]. The number of nitrogens with one attached hydrogen (secondary N) is 1. The molecular formula is C17H18N2O4. The number of hydrogen-bond acceptors (Lipinski definition) is 4. The zero-order valence-electron chi connectivity index (χ0n) is 13.0. The normalized spacial score (nSPS) is 11.6. The fourth-order valence-electron chi connectivity index (χ4n) is 2.18. The van der Waals surface area contributed by atoms with Gasteiger partial charge in [-0.1, -0.05) is 30.3 Å². The molecule has 0 saturated carbocycles. The molecule has 6 nitrogen and oxygen atoms in total. The van der Waals surface area contributed by atoms with Crippen LogP contribution in [-0.2, 0) is 4.79 Å². The standard InChI is InChI=1S/C17H18N2O4/c1-12-10-15(8-9-16(12)19(21)22)23-11-17(20)18-13(2)14-6-4-3-5-7-14/h3-10,13H,11H2,1-2H3,(H,18,20)/t13-/m1/s1. The van der Waals surface area contributed by atoms with Crippen LogP contribution in [0.5, 0.6) is 5.75 Å². The van der Waals surface area contributed by atoms with Crippen LogP contribution in [0, 0.1) is 17.0 Å². The Bertz CT molecular complexity index is 701. The second-order valence-corrected chi connectivity index (χ2v) is 5.19. The van der Waals surface area contributed by atoms with E-state index in [0.29, 0.717) is 11.3 Å². The van der Waals surface area contributed by atoms with Gasteiger partial charge in [0.2, 0.25) is 0 Å². The first-order valence-electron chi connectivity index (χ1n) is 7.19. The predicted octanol–water partition coefficient (Wildman–Crippen LogP) is 3.16. The van der Waals surface area contributed by atoms with Crippen molar-refractivity contribution in [1.29, 1.82) is 0 Å². The van der Waals surface area contributed by atoms with Gasteiger partial charge < -0.3 is 10.1 Å². The number of hydrogen-bond donors (Lipinski definition) is 1. The van der Waals surface area contributed by atoms with Crippen LogP contribution in [0.3, 0.4) is 0 Å². The number of benzene rings is 2. The maximum absolute atomic E-state index is 11.9. The van der Waals surface area contributed by atoms with Gasteiger partial charge in [-0.05, 0) is 31.5 Å². The summed E-state index contributed by atoms with van der Waals surface area (Å²) in [6.45, 7) is 3.38. The molecule has 0 fully saturated rings. The highest BCUT2D eigenvalue weighted by Gasteiger charge is 2.13. The lowest BCUT2D eigenvalue weighted by Crippen LogP contribution is -2.31. The van der Waals surface area contributed by atoms with Crippen LogP contribution in [-0.4, -0.2) is 17.4 Å². The van der Waals surface area contributed by atoms with E-state index in [1.165, 1.54) is 12.1 Å². The summed E-state index contributed by atoms with van der Waals surface area (Å²) in [6, 6.07) is 13.9. The molecule has 6 heteroatoms.